The van der Waals surface area contributed by atoms with Crippen LogP contribution >= 0.6 is 11.6 Å². The van der Waals surface area contributed by atoms with E-state index in [1.165, 1.54) is 25.4 Å². The van der Waals surface area contributed by atoms with E-state index in [2.05, 4.69) is 9.98 Å². The van der Waals surface area contributed by atoms with Gasteiger partial charge in [-0.05, 0) is 26.0 Å². The van der Waals surface area contributed by atoms with Crippen LogP contribution in [0.2, 0.25) is 0 Å². The van der Waals surface area contributed by atoms with Crippen LogP contribution in [0, 0.1) is 17.0 Å². The zero-order valence-corrected chi connectivity index (χ0v) is 12.0. The molecule has 1 rings (SSSR count). The third-order valence-electron chi connectivity index (χ3n) is 1.94. The molecular weight excluding hydrogens is 311 g/mol. The Balaban J connectivity index is 0.000000384. The van der Waals surface area contributed by atoms with E-state index in [9.17, 15) is 23.3 Å². The van der Waals surface area contributed by atoms with Crippen LogP contribution in [-0.4, -0.2) is 21.6 Å². The van der Waals surface area contributed by atoms with Gasteiger partial charge in [-0.15, -0.1) is 0 Å². The second kappa shape index (κ2) is 9.06. The molecule has 0 atom stereocenters. The van der Waals surface area contributed by atoms with E-state index in [0.717, 1.165) is 6.07 Å². The van der Waals surface area contributed by atoms with Crippen molar-refractivity contribution in [2.24, 2.45) is 4.99 Å². The number of hydrogen-bond donors (Lipinski definition) is 0. The highest BCUT2D eigenvalue weighted by Crippen LogP contribution is 2.30. The second-order valence-electron chi connectivity index (χ2n) is 3.61. The van der Waals surface area contributed by atoms with Gasteiger partial charge in [0, 0.05) is 23.0 Å². The Kier molecular flexibility index (Phi) is 8.22. The first kappa shape index (κ1) is 19.0. The summed E-state index contributed by atoms with van der Waals surface area (Å²) in [7, 11) is 0. The zero-order chi connectivity index (χ0) is 16.5. The van der Waals surface area contributed by atoms with Crippen molar-refractivity contribution in [1.29, 1.82) is 0 Å². The van der Waals surface area contributed by atoms with Gasteiger partial charge in [-0.2, -0.15) is 13.2 Å². The summed E-state index contributed by atoms with van der Waals surface area (Å²) in [5.41, 5.74) is -0.653. The van der Waals surface area contributed by atoms with Crippen LogP contribution in [0.15, 0.2) is 35.6 Å². The Labute approximate surface area is 124 Å². The Hall–Kier alpha value is -1.96. The molecule has 1 heterocycles. The highest BCUT2D eigenvalue weighted by molar-refractivity contribution is 6.65. The largest absolute Gasteiger partial charge is 0.418 e. The van der Waals surface area contributed by atoms with Gasteiger partial charge in [0.15, 0.2) is 5.17 Å². The molecule has 0 unspecified atom stereocenters. The first-order valence-electron chi connectivity index (χ1n) is 5.62. The van der Waals surface area contributed by atoms with Gasteiger partial charge in [-0.3, -0.25) is 15.1 Å². The second-order valence-corrected chi connectivity index (χ2v) is 4.05. The van der Waals surface area contributed by atoms with Crippen LogP contribution in [0.1, 0.15) is 18.2 Å². The van der Waals surface area contributed by atoms with Crippen LogP contribution in [0.3, 0.4) is 0 Å². The Morgan fingerprint density at radius 2 is 2.19 bits per heavy atom. The molecule has 1 aromatic heterocycles. The third-order valence-corrected chi connectivity index (χ3v) is 2.15. The van der Waals surface area contributed by atoms with Crippen molar-refractivity contribution in [1.82, 2.24) is 4.98 Å². The molecular formula is C12H13ClF3N3O2. The lowest BCUT2D eigenvalue weighted by molar-refractivity contribution is -0.462. The van der Waals surface area contributed by atoms with Gasteiger partial charge < -0.3 is 0 Å². The van der Waals surface area contributed by atoms with Gasteiger partial charge in [0.1, 0.15) is 0 Å². The molecule has 1 aromatic rings. The number of nitro groups is 1. The minimum atomic E-state index is -4.28. The topological polar surface area (TPSA) is 68.4 Å². The maximum atomic E-state index is 12.0. The molecule has 0 N–H and O–H groups in total. The lowest BCUT2D eigenvalue weighted by Crippen LogP contribution is -2.07. The fourth-order valence-electron chi connectivity index (χ4n) is 1.09. The standard InChI is InChI=1S/C7H6F3N.C5H7ClN2O2/c1-5-6(7(8,9)10)3-2-4-11-5;1-2-3-7-5(6)4-8(9)10/h2-4H,1H3;2-3H,4H2,1H3/b;3-2-,7-5?. The maximum absolute atomic E-state index is 12.0. The van der Waals surface area contributed by atoms with E-state index in [4.69, 9.17) is 11.6 Å². The van der Waals surface area contributed by atoms with Gasteiger partial charge in [0.2, 0.25) is 0 Å². The summed E-state index contributed by atoms with van der Waals surface area (Å²) in [5, 5.41) is 9.78. The molecule has 0 bridgehead atoms. The number of halogens is 4. The minimum absolute atomic E-state index is 0.0110. The number of pyridine rings is 1. The lowest BCUT2D eigenvalue weighted by Gasteiger charge is -2.07. The van der Waals surface area contributed by atoms with E-state index in [-0.39, 0.29) is 10.9 Å². The van der Waals surface area contributed by atoms with Gasteiger partial charge >= 0.3 is 6.18 Å². The Morgan fingerprint density at radius 3 is 2.57 bits per heavy atom. The van der Waals surface area contributed by atoms with E-state index in [1.54, 1.807) is 13.0 Å². The number of allylic oxidation sites excluding steroid dienone is 1. The zero-order valence-electron chi connectivity index (χ0n) is 11.3. The number of aryl methyl sites for hydroxylation is 1. The van der Waals surface area contributed by atoms with E-state index >= 15 is 0 Å². The molecule has 0 aliphatic heterocycles. The van der Waals surface area contributed by atoms with E-state index in [1.807, 2.05) is 0 Å². The molecule has 116 valence electrons. The van der Waals surface area contributed by atoms with Crippen LogP contribution in [0.25, 0.3) is 0 Å². The molecule has 0 radical (unpaired) electrons. The van der Waals surface area contributed by atoms with Crippen molar-refractivity contribution in [2.45, 2.75) is 20.0 Å². The minimum Gasteiger partial charge on any atom is -0.264 e. The summed E-state index contributed by atoms with van der Waals surface area (Å²) in [5.74, 6) is 0. The molecule has 0 spiro atoms. The Bertz CT molecular complexity index is 531. The number of aliphatic imine (C=N–C) groups is 1. The summed E-state index contributed by atoms with van der Waals surface area (Å²) in [6, 6.07) is 2.29. The average Bonchev–Trinajstić information content (AvgIpc) is 2.35. The molecule has 9 heteroatoms. The molecule has 21 heavy (non-hydrogen) atoms. The SMILES string of the molecule is C/C=C\N=C(Cl)C[N+](=O)[O-].Cc1ncccc1C(F)(F)F. The summed E-state index contributed by atoms with van der Waals surface area (Å²) >= 11 is 5.31. The molecule has 0 amide bonds. The first-order chi connectivity index (χ1) is 9.68. The average molecular weight is 324 g/mol. The number of hydrogen-bond acceptors (Lipinski definition) is 4. The Morgan fingerprint density at radius 1 is 1.57 bits per heavy atom. The van der Waals surface area contributed by atoms with Crippen LogP contribution < -0.4 is 0 Å². The van der Waals surface area contributed by atoms with Crippen LogP contribution in [0.5, 0.6) is 0 Å². The summed E-state index contributed by atoms with van der Waals surface area (Å²) in [6.07, 6.45) is 0.108. The number of rotatable bonds is 3. The predicted octanol–water partition coefficient (Wildman–Crippen LogP) is 3.84. The van der Waals surface area contributed by atoms with Crippen molar-refractivity contribution in [3.05, 3.63) is 52.0 Å². The molecule has 0 aromatic carbocycles. The predicted molar refractivity (Wildman–Crippen MR) is 73.9 cm³/mol. The van der Waals surface area contributed by atoms with Crippen molar-refractivity contribution in [3.63, 3.8) is 0 Å². The van der Waals surface area contributed by atoms with Crippen LogP contribution in [-0.2, 0) is 6.18 Å². The molecule has 0 aliphatic rings. The fourth-order valence-corrected chi connectivity index (χ4v) is 1.24. The van der Waals surface area contributed by atoms with Crippen molar-refractivity contribution < 1.29 is 18.1 Å². The quantitative estimate of drug-likeness (QED) is 0.482. The van der Waals surface area contributed by atoms with Gasteiger partial charge in [-0.1, -0.05) is 17.7 Å². The van der Waals surface area contributed by atoms with Gasteiger partial charge in [0.25, 0.3) is 6.54 Å². The van der Waals surface area contributed by atoms with Crippen molar-refractivity contribution in [2.75, 3.05) is 6.54 Å². The van der Waals surface area contributed by atoms with Crippen molar-refractivity contribution >= 4 is 16.8 Å². The first-order valence-corrected chi connectivity index (χ1v) is 6.00. The highest BCUT2D eigenvalue weighted by Gasteiger charge is 2.32. The smallest absolute Gasteiger partial charge is 0.264 e. The fraction of sp³-hybridized carbons (Fsp3) is 0.333. The summed E-state index contributed by atoms with van der Waals surface area (Å²) in [6.45, 7) is 2.68. The molecule has 0 saturated carbocycles. The van der Waals surface area contributed by atoms with E-state index < -0.39 is 23.2 Å². The lowest BCUT2D eigenvalue weighted by atomic mass is 10.2. The molecule has 5 nitrogen and oxygen atoms in total. The van der Waals surface area contributed by atoms with Gasteiger partial charge in [0.05, 0.1) is 5.56 Å². The monoisotopic (exact) mass is 323 g/mol. The summed E-state index contributed by atoms with van der Waals surface area (Å²) in [4.78, 5) is 16.3. The van der Waals surface area contributed by atoms with Crippen LogP contribution in [0.4, 0.5) is 13.2 Å². The number of aromatic nitrogens is 1. The molecule has 0 aliphatic carbocycles. The molecule has 0 fully saturated rings. The molecule has 0 saturated heterocycles. The van der Waals surface area contributed by atoms with Crippen molar-refractivity contribution in [3.8, 4) is 0 Å². The highest BCUT2D eigenvalue weighted by atomic mass is 35.5. The van der Waals surface area contributed by atoms with E-state index in [0.29, 0.717) is 0 Å². The van der Waals surface area contributed by atoms with Gasteiger partial charge in [-0.25, -0.2) is 4.99 Å². The normalized spacial score (nSPS) is 12.0. The third kappa shape index (κ3) is 8.74. The number of nitrogens with zero attached hydrogens (tertiary/aromatic N) is 3. The maximum Gasteiger partial charge on any atom is 0.418 e. The summed E-state index contributed by atoms with van der Waals surface area (Å²) < 4.78 is 36.0. The number of alkyl halides is 3.